The Bertz CT molecular complexity index is 864. The van der Waals surface area contributed by atoms with Crippen LogP contribution in [0.15, 0.2) is 57.9 Å². The molecule has 0 N–H and O–H groups in total. The van der Waals surface area contributed by atoms with Crippen LogP contribution in [0.2, 0.25) is 0 Å². The standard InChI is InChI=1S/C18H16O4/c1-20-16-8-7-12(10-17(16)21-2)9-13-11-22-15-6-4-3-5-14(15)18(13)19/h3-8,10-11H,9H2,1-2H3. The molecule has 3 rings (SSSR count). The zero-order valence-corrected chi connectivity index (χ0v) is 12.5. The van der Waals surface area contributed by atoms with E-state index in [0.717, 1.165) is 5.56 Å². The normalized spacial score (nSPS) is 10.6. The molecule has 0 aliphatic rings. The summed E-state index contributed by atoms with van der Waals surface area (Å²) in [5.41, 5.74) is 2.17. The van der Waals surface area contributed by atoms with Gasteiger partial charge in [-0.05, 0) is 29.8 Å². The van der Waals surface area contributed by atoms with E-state index >= 15 is 0 Å². The van der Waals surface area contributed by atoms with Gasteiger partial charge in [-0.1, -0.05) is 18.2 Å². The number of hydrogen-bond donors (Lipinski definition) is 0. The lowest BCUT2D eigenvalue weighted by molar-refractivity contribution is 0.354. The monoisotopic (exact) mass is 296 g/mol. The number of rotatable bonds is 4. The minimum atomic E-state index is -0.00312. The van der Waals surface area contributed by atoms with Crippen LogP contribution in [-0.2, 0) is 6.42 Å². The zero-order chi connectivity index (χ0) is 15.5. The van der Waals surface area contributed by atoms with Crippen LogP contribution in [0.5, 0.6) is 11.5 Å². The first kappa shape index (κ1) is 14.2. The molecule has 1 aromatic heterocycles. The molecule has 0 saturated heterocycles. The largest absolute Gasteiger partial charge is 0.493 e. The summed E-state index contributed by atoms with van der Waals surface area (Å²) >= 11 is 0. The third kappa shape index (κ3) is 2.55. The van der Waals surface area contributed by atoms with Crippen molar-refractivity contribution >= 4 is 11.0 Å². The number of para-hydroxylation sites is 1. The molecule has 0 spiro atoms. The molecule has 0 radical (unpaired) electrons. The van der Waals surface area contributed by atoms with Crippen LogP contribution >= 0.6 is 0 Å². The quantitative estimate of drug-likeness (QED) is 0.740. The molecule has 0 amide bonds. The van der Waals surface area contributed by atoms with Gasteiger partial charge in [0.05, 0.1) is 25.9 Å². The molecule has 0 aliphatic carbocycles. The molecule has 0 aliphatic heterocycles. The van der Waals surface area contributed by atoms with Crippen molar-refractivity contribution in [2.75, 3.05) is 14.2 Å². The molecule has 0 saturated carbocycles. The van der Waals surface area contributed by atoms with Crippen LogP contribution in [0.25, 0.3) is 11.0 Å². The van der Waals surface area contributed by atoms with Crippen molar-refractivity contribution in [2.24, 2.45) is 0 Å². The highest BCUT2D eigenvalue weighted by atomic mass is 16.5. The van der Waals surface area contributed by atoms with Crippen LogP contribution in [0, 0.1) is 0 Å². The summed E-state index contributed by atoms with van der Waals surface area (Å²) in [5.74, 6) is 1.31. The summed E-state index contributed by atoms with van der Waals surface area (Å²) < 4.78 is 16.0. The van der Waals surface area contributed by atoms with E-state index in [1.165, 1.54) is 6.26 Å². The number of methoxy groups -OCH3 is 2. The summed E-state index contributed by atoms with van der Waals surface area (Å²) in [4.78, 5) is 12.5. The van der Waals surface area contributed by atoms with E-state index < -0.39 is 0 Å². The zero-order valence-electron chi connectivity index (χ0n) is 12.5. The Kier molecular flexibility index (Phi) is 3.83. The lowest BCUT2D eigenvalue weighted by Gasteiger charge is -2.09. The average molecular weight is 296 g/mol. The topological polar surface area (TPSA) is 48.7 Å². The van der Waals surface area contributed by atoms with E-state index in [2.05, 4.69) is 0 Å². The second kappa shape index (κ2) is 5.93. The fourth-order valence-corrected chi connectivity index (χ4v) is 2.45. The molecular weight excluding hydrogens is 280 g/mol. The van der Waals surface area contributed by atoms with Gasteiger partial charge in [-0.3, -0.25) is 4.79 Å². The maximum absolute atomic E-state index is 12.5. The Balaban J connectivity index is 2.00. The van der Waals surface area contributed by atoms with Crippen molar-refractivity contribution in [3.8, 4) is 11.5 Å². The molecule has 0 atom stereocenters. The molecular formula is C18H16O4. The second-order valence-electron chi connectivity index (χ2n) is 4.95. The van der Waals surface area contributed by atoms with Crippen molar-refractivity contribution in [3.05, 3.63) is 70.1 Å². The summed E-state index contributed by atoms with van der Waals surface area (Å²) in [6.45, 7) is 0. The summed E-state index contributed by atoms with van der Waals surface area (Å²) in [6.07, 6.45) is 2.01. The van der Waals surface area contributed by atoms with E-state index in [4.69, 9.17) is 13.9 Å². The maximum atomic E-state index is 12.5. The van der Waals surface area contributed by atoms with Gasteiger partial charge in [0, 0.05) is 12.0 Å². The van der Waals surface area contributed by atoms with Crippen LogP contribution in [0.1, 0.15) is 11.1 Å². The smallest absolute Gasteiger partial charge is 0.196 e. The molecule has 3 aromatic rings. The SMILES string of the molecule is COc1ccc(Cc2coc3ccccc3c2=O)cc1OC. The number of hydrogen-bond acceptors (Lipinski definition) is 4. The van der Waals surface area contributed by atoms with Gasteiger partial charge in [0.1, 0.15) is 5.58 Å². The summed E-state index contributed by atoms with van der Waals surface area (Å²) in [7, 11) is 3.18. The van der Waals surface area contributed by atoms with Gasteiger partial charge in [-0.2, -0.15) is 0 Å². The van der Waals surface area contributed by atoms with E-state index in [0.29, 0.717) is 34.5 Å². The van der Waals surface area contributed by atoms with Gasteiger partial charge in [0.25, 0.3) is 0 Å². The number of benzene rings is 2. The van der Waals surface area contributed by atoms with Gasteiger partial charge < -0.3 is 13.9 Å². The summed E-state index contributed by atoms with van der Waals surface area (Å²) in [5, 5.41) is 0.598. The van der Waals surface area contributed by atoms with E-state index in [1.54, 1.807) is 26.4 Å². The van der Waals surface area contributed by atoms with E-state index in [1.807, 2.05) is 30.3 Å². The molecule has 0 fully saturated rings. The van der Waals surface area contributed by atoms with Gasteiger partial charge in [0.15, 0.2) is 16.9 Å². The third-order valence-electron chi connectivity index (χ3n) is 3.59. The molecule has 4 nitrogen and oxygen atoms in total. The first-order chi connectivity index (χ1) is 10.7. The number of ether oxygens (including phenoxy) is 2. The van der Waals surface area contributed by atoms with Crippen molar-refractivity contribution in [2.45, 2.75) is 6.42 Å². The molecule has 0 unspecified atom stereocenters. The first-order valence-corrected chi connectivity index (χ1v) is 6.93. The van der Waals surface area contributed by atoms with Crippen molar-refractivity contribution in [1.82, 2.24) is 0 Å². The van der Waals surface area contributed by atoms with Crippen LogP contribution in [-0.4, -0.2) is 14.2 Å². The first-order valence-electron chi connectivity index (χ1n) is 6.93. The van der Waals surface area contributed by atoms with Gasteiger partial charge in [-0.25, -0.2) is 0 Å². The molecule has 1 heterocycles. The third-order valence-corrected chi connectivity index (χ3v) is 3.59. The minimum Gasteiger partial charge on any atom is -0.493 e. The van der Waals surface area contributed by atoms with Gasteiger partial charge >= 0.3 is 0 Å². The van der Waals surface area contributed by atoms with Crippen LogP contribution < -0.4 is 14.9 Å². The highest BCUT2D eigenvalue weighted by Gasteiger charge is 2.10. The molecule has 2 aromatic carbocycles. The van der Waals surface area contributed by atoms with Gasteiger partial charge in [-0.15, -0.1) is 0 Å². The van der Waals surface area contributed by atoms with Crippen molar-refractivity contribution < 1.29 is 13.9 Å². The molecule has 0 bridgehead atoms. The highest BCUT2D eigenvalue weighted by Crippen LogP contribution is 2.28. The molecule has 22 heavy (non-hydrogen) atoms. The van der Waals surface area contributed by atoms with Crippen LogP contribution in [0.3, 0.4) is 0 Å². The van der Waals surface area contributed by atoms with E-state index in [9.17, 15) is 4.79 Å². The minimum absolute atomic E-state index is 0.00312. The highest BCUT2D eigenvalue weighted by molar-refractivity contribution is 5.76. The molecule has 112 valence electrons. The Hall–Kier alpha value is -2.75. The predicted octanol–water partition coefficient (Wildman–Crippen LogP) is 3.40. The second-order valence-corrected chi connectivity index (χ2v) is 4.95. The van der Waals surface area contributed by atoms with Gasteiger partial charge in [0.2, 0.25) is 0 Å². The fourth-order valence-electron chi connectivity index (χ4n) is 2.45. The lowest BCUT2D eigenvalue weighted by atomic mass is 10.0. The van der Waals surface area contributed by atoms with E-state index in [-0.39, 0.29) is 5.43 Å². The Morgan fingerprint density at radius 3 is 2.55 bits per heavy atom. The average Bonchev–Trinajstić information content (AvgIpc) is 2.57. The fraction of sp³-hybridized carbons (Fsp3) is 0.167. The Morgan fingerprint density at radius 1 is 1.00 bits per heavy atom. The summed E-state index contributed by atoms with van der Waals surface area (Å²) in [6, 6.07) is 12.9. The Labute approximate surface area is 127 Å². The van der Waals surface area contributed by atoms with Crippen LogP contribution in [0.4, 0.5) is 0 Å². The van der Waals surface area contributed by atoms with Crippen molar-refractivity contribution in [3.63, 3.8) is 0 Å². The lowest BCUT2D eigenvalue weighted by Crippen LogP contribution is -2.09. The molecule has 4 heteroatoms. The maximum Gasteiger partial charge on any atom is 0.196 e. The Morgan fingerprint density at radius 2 is 1.77 bits per heavy atom. The number of fused-ring (bicyclic) bond motifs is 1. The predicted molar refractivity (Wildman–Crippen MR) is 84.8 cm³/mol. The van der Waals surface area contributed by atoms with Crippen molar-refractivity contribution in [1.29, 1.82) is 0 Å².